The molecule has 0 N–H and O–H groups in total. The Kier molecular flexibility index (Phi) is 8.58. The number of halogens is 9. The molecular weight excluding hydrogens is 599 g/mol. The van der Waals surface area contributed by atoms with E-state index in [4.69, 9.17) is 0 Å². The van der Waals surface area contributed by atoms with Crippen LogP contribution < -0.4 is 4.90 Å². The second-order valence-corrected chi connectivity index (χ2v) is 10.5. The zero-order valence-corrected chi connectivity index (χ0v) is 23.1. The van der Waals surface area contributed by atoms with Gasteiger partial charge in [-0.2, -0.15) is 44.3 Å². The van der Waals surface area contributed by atoms with Crippen molar-refractivity contribution in [2.75, 3.05) is 4.90 Å². The molecule has 2 aromatic heterocycles. The highest BCUT2D eigenvalue weighted by molar-refractivity contribution is 7.12. The minimum Gasteiger partial charge on any atom is -0.330 e. The Morgan fingerprint density at radius 2 is 1.40 bits per heavy atom. The molecule has 0 amide bonds. The fourth-order valence-corrected chi connectivity index (χ4v) is 5.23. The molecule has 0 saturated carbocycles. The van der Waals surface area contributed by atoms with E-state index in [1.54, 1.807) is 0 Å². The summed E-state index contributed by atoms with van der Waals surface area (Å²) in [6.45, 7) is 2.72. The number of thiazole rings is 1. The first-order chi connectivity index (χ1) is 19.5. The standard InChI is InChI=1S/C26H23F9N6S/c1-4-20-22(36-21(5-2)42-20)19-7-6-16(24(27,28)29)10-15(19)13-41(23-37-39-40(3)38-23)12-14-8-17(25(30,31)32)11-18(9-14)26(33,34)35/h6-11H,4-5,12-13H2,1-3H3. The summed E-state index contributed by atoms with van der Waals surface area (Å²) in [5.41, 5.74) is -3.59. The molecule has 0 aliphatic heterocycles. The monoisotopic (exact) mass is 622 g/mol. The first kappa shape index (κ1) is 31.3. The van der Waals surface area contributed by atoms with E-state index in [9.17, 15) is 39.5 Å². The third-order valence-corrected chi connectivity index (χ3v) is 7.56. The number of aromatic nitrogens is 5. The van der Waals surface area contributed by atoms with Gasteiger partial charge < -0.3 is 4.90 Å². The molecule has 0 aliphatic rings. The third kappa shape index (κ3) is 7.02. The predicted molar refractivity (Wildman–Crippen MR) is 136 cm³/mol. The van der Waals surface area contributed by atoms with Crippen LogP contribution >= 0.6 is 11.3 Å². The summed E-state index contributed by atoms with van der Waals surface area (Å²) in [5, 5.41) is 12.3. The van der Waals surface area contributed by atoms with Gasteiger partial charge in [0, 0.05) is 23.5 Å². The van der Waals surface area contributed by atoms with E-state index in [1.165, 1.54) is 29.4 Å². The number of benzene rings is 2. The van der Waals surface area contributed by atoms with Crippen molar-refractivity contribution in [2.24, 2.45) is 7.05 Å². The largest absolute Gasteiger partial charge is 0.416 e. The lowest BCUT2D eigenvalue weighted by Crippen LogP contribution is -2.25. The summed E-state index contributed by atoms with van der Waals surface area (Å²) < 4.78 is 122. The van der Waals surface area contributed by atoms with Gasteiger partial charge in [0.1, 0.15) is 0 Å². The topological polar surface area (TPSA) is 59.7 Å². The molecule has 2 aromatic carbocycles. The molecule has 42 heavy (non-hydrogen) atoms. The maximum Gasteiger partial charge on any atom is 0.416 e. The smallest absolute Gasteiger partial charge is 0.330 e. The van der Waals surface area contributed by atoms with Crippen LogP contribution in [-0.2, 0) is 51.5 Å². The maximum absolute atomic E-state index is 13.8. The van der Waals surface area contributed by atoms with Gasteiger partial charge in [-0.3, -0.25) is 0 Å². The van der Waals surface area contributed by atoms with E-state index in [-0.39, 0.29) is 17.6 Å². The second kappa shape index (κ2) is 11.5. The summed E-state index contributed by atoms with van der Waals surface area (Å²) in [5.74, 6) is -0.213. The second-order valence-electron chi connectivity index (χ2n) is 9.31. The Morgan fingerprint density at radius 1 is 0.786 bits per heavy atom. The first-order valence-corrected chi connectivity index (χ1v) is 13.3. The Labute approximate surface area is 237 Å². The molecule has 0 atom stereocenters. The third-order valence-electron chi connectivity index (χ3n) is 6.22. The molecular formula is C26H23F9N6S. The minimum atomic E-state index is -5.09. The number of anilines is 1. The number of hydrogen-bond donors (Lipinski definition) is 0. The average molecular weight is 623 g/mol. The number of nitrogens with zero attached hydrogens (tertiary/aromatic N) is 6. The van der Waals surface area contributed by atoms with Gasteiger partial charge in [0.25, 0.3) is 5.95 Å². The van der Waals surface area contributed by atoms with E-state index < -0.39 is 53.9 Å². The summed E-state index contributed by atoms with van der Waals surface area (Å²) in [6, 6.07) is 4.15. The van der Waals surface area contributed by atoms with Crippen LogP contribution in [0.4, 0.5) is 45.5 Å². The lowest BCUT2D eigenvalue weighted by Gasteiger charge is -2.24. The molecule has 0 spiro atoms. The molecule has 0 aliphatic carbocycles. The zero-order chi connectivity index (χ0) is 31.0. The van der Waals surface area contributed by atoms with Crippen molar-refractivity contribution in [3.8, 4) is 11.3 Å². The highest BCUT2D eigenvalue weighted by atomic mass is 32.1. The summed E-state index contributed by atoms with van der Waals surface area (Å²) >= 11 is 1.40. The van der Waals surface area contributed by atoms with Gasteiger partial charge >= 0.3 is 18.5 Å². The molecule has 0 bridgehead atoms. The molecule has 226 valence electrons. The van der Waals surface area contributed by atoms with Gasteiger partial charge in [0.05, 0.1) is 34.4 Å². The molecule has 0 fully saturated rings. The fraction of sp³-hybridized carbons (Fsp3) is 0.385. The Morgan fingerprint density at radius 3 is 1.90 bits per heavy atom. The number of tetrazole rings is 1. The van der Waals surface area contributed by atoms with Gasteiger partial charge in [-0.05, 0) is 59.5 Å². The molecule has 0 unspecified atom stereocenters. The van der Waals surface area contributed by atoms with Crippen molar-refractivity contribution in [2.45, 2.75) is 58.3 Å². The zero-order valence-electron chi connectivity index (χ0n) is 22.3. The lowest BCUT2D eigenvalue weighted by atomic mass is 9.99. The van der Waals surface area contributed by atoms with Crippen LogP contribution in [0.3, 0.4) is 0 Å². The number of aryl methyl sites for hydroxylation is 3. The van der Waals surface area contributed by atoms with Gasteiger partial charge in [0.15, 0.2) is 0 Å². The normalized spacial score (nSPS) is 12.7. The first-order valence-electron chi connectivity index (χ1n) is 12.5. The quantitative estimate of drug-likeness (QED) is 0.188. The Balaban J connectivity index is 1.87. The van der Waals surface area contributed by atoms with Crippen molar-refractivity contribution >= 4 is 17.3 Å². The van der Waals surface area contributed by atoms with Crippen molar-refractivity contribution < 1.29 is 39.5 Å². The molecule has 4 rings (SSSR count). The molecule has 0 radical (unpaired) electrons. The predicted octanol–water partition coefficient (Wildman–Crippen LogP) is 7.72. The van der Waals surface area contributed by atoms with Crippen molar-refractivity contribution in [1.29, 1.82) is 0 Å². The summed E-state index contributed by atoms with van der Waals surface area (Å²) in [7, 11) is 1.38. The molecule has 2 heterocycles. The highest BCUT2D eigenvalue weighted by Gasteiger charge is 2.37. The summed E-state index contributed by atoms with van der Waals surface area (Å²) in [6.07, 6.45) is -13.8. The Hall–Kier alpha value is -3.69. The minimum absolute atomic E-state index is 0.000840. The SMILES string of the molecule is CCc1nc(-c2ccc(C(F)(F)F)cc2CN(Cc2cc(C(F)(F)F)cc(C(F)(F)F)c2)c2nnn(C)n2)c(CC)s1. The lowest BCUT2D eigenvalue weighted by molar-refractivity contribution is -0.143. The van der Waals surface area contributed by atoms with Gasteiger partial charge in [-0.25, -0.2) is 4.98 Å². The van der Waals surface area contributed by atoms with Gasteiger partial charge in [0.2, 0.25) is 0 Å². The van der Waals surface area contributed by atoms with Crippen molar-refractivity contribution in [3.63, 3.8) is 0 Å². The number of hydrogen-bond acceptors (Lipinski definition) is 6. The molecule has 0 saturated heterocycles. The van der Waals surface area contributed by atoms with Crippen LogP contribution in [0.2, 0.25) is 0 Å². The van der Waals surface area contributed by atoms with Crippen molar-refractivity contribution in [1.82, 2.24) is 25.2 Å². The average Bonchev–Trinajstić information content (AvgIpc) is 3.52. The van der Waals surface area contributed by atoms with Crippen LogP contribution in [-0.4, -0.2) is 25.2 Å². The van der Waals surface area contributed by atoms with E-state index in [2.05, 4.69) is 20.4 Å². The van der Waals surface area contributed by atoms with E-state index >= 15 is 0 Å². The van der Waals surface area contributed by atoms with Crippen LogP contribution in [0.25, 0.3) is 11.3 Å². The van der Waals surface area contributed by atoms with Crippen LogP contribution in [0.1, 0.15) is 51.5 Å². The molecule has 4 aromatic rings. The van der Waals surface area contributed by atoms with Crippen LogP contribution in [0.5, 0.6) is 0 Å². The molecule has 6 nitrogen and oxygen atoms in total. The fourth-order valence-electron chi connectivity index (χ4n) is 4.27. The van der Waals surface area contributed by atoms with E-state index in [0.717, 1.165) is 26.8 Å². The molecule has 16 heteroatoms. The van der Waals surface area contributed by atoms with Crippen LogP contribution in [0.15, 0.2) is 36.4 Å². The number of alkyl halides is 9. The summed E-state index contributed by atoms with van der Waals surface area (Å²) in [4.78, 5) is 7.57. The van der Waals surface area contributed by atoms with Crippen molar-refractivity contribution in [3.05, 3.63) is 74.1 Å². The highest BCUT2D eigenvalue weighted by Crippen LogP contribution is 2.39. The van der Waals surface area contributed by atoms with Crippen LogP contribution in [0, 0.1) is 0 Å². The number of rotatable bonds is 8. The van der Waals surface area contributed by atoms with E-state index in [1.807, 2.05) is 13.8 Å². The maximum atomic E-state index is 13.8. The van der Waals surface area contributed by atoms with E-state index in [0.29, 0.717) is 36.2 Å². The Bertz CT molecular complexity index is 1520. The van der Waals surface area contributed by atoms with Gasteiger partial charge in [-0.1, -0.05) is 25.0 Å². The van der Waals surface area contributed by atoms with Gasteiger partial charge in [-0.15, -0.1) is 16.4 Å².